The topological polar surface area (TPSA) is 86.5 Å². The molecule has 3 rings (SSSR count). The number of nitrogens with zero attached hydrogens (tertiary/aromatic N) is 2. The Hall–Kier alpha value is -2.63. The number of H-pyrrole nitrogens is 2. The number of benzene rings is 1. The summed E-state index contributed by atoms with van der Waals surface area (Å²) in [6.07, 6.45) is 3.92. The zero-order chi connectivity index (χ0) is 13.1. The molecule has 1 aromatic carbocycles. The minimum absolute atomic E-state index is 0.0902. The quantitative estimate of drug-likeness (QED) is 0.656. The molecule has 1 amide bonds. The highest BCUT2D eigenvalue weighted by molar-refractivity contribution is 6.05. The second kappa shape index (κ2) is 4.93. The Labute approximate surface area is 109 Å². The maximum absolute atomic E-state index is 12.1. The zero-order valence-corrected chi connectivity index (χ0v) is 10.2. The van der Waals surface area contributed by atoms with Crippen LogP contribution in [0.25, 0.3) is 10.9 Å². The van der Waals surface area contributed by atoms with Gasteiger partial charge in [0.05, 0.1) is 11.1 Å². The number of amides is 1. The van der Waals surface area contributed by atoms with E-state index in [-0.39, 0.29) is 5.91 Å². The van der Waals surface area contributed by atoms with Crippen LogP contribution in [0.3, 0.4) is 0 Å². The smallest absolute Gasteiger partial charge is 0.253 e. The highest BCUT2D eigenvalue weighted by atomic mass is 16.1. The molecule has 0 bridgehead atoms. The number of hydrogen-bond acceptors (Lipinski definition) is 3. The number of hydrogen-bond donors (Lipinski definition) is 3. The highest BCUT2D eigenvalue weighted by Crippen LogP contribution is 2.16. The molecule has 0 aliphatic heterocycles. The lowest BCUT2D eigenvalue weighted by molar-refractivity contribution is 0.0955. The maximum Gasteiger partial charge on any atom is 0.253 e. The number of fused-ring (bicyclic) bond motifs is 1. The first kappa shape index (κ1) is 11.5. The molecule has 3 N–H and O–H groups in total. The third-order valence-corrected chi connectivity index (χ3v) is 2.94. The molecular formula is C13H13N5O. The lowest BCUT2D eigenvalue weighted by Gasteiger charge is -2.05. The highest BCUT2D eigenvalue weighted by Gasteiger charge is 2.10. The van der Waals surface area contributed by atoms with Crippen molar-refractivity contribution in [2.45, 2.75) is 6.42 Å². The number of nitrogens with one attached hydrogen (secondary N) is 3. The molecule has 19 heavy (non-hydrogen) atoms. The third kappa shape index (κ3) is 2.33. The Kier molecular flexibility index (Phi) is 2.97. The molecule has 0 fully saturated rings. The number of aromatic amines is 2. The number of aromatic nitrogens is 4. The Bertz CT molecular complexity index is 686. The predicted molar refractivity (Wildman–Crippen MR) is 70.7 cm³/mol. The van der Waals surface area contributed by atoms with Gasteiger partial charge in [-0.2, -0.15) is 5.10 Å². The largest absolute Gasteiger partial charge is 0.361 e. The molecule has 0 saturated heterocycles. The molecule has 6 heteroatoms. The van der Waals surface area contributed by atoms with Gasteiger partial charge >= 0.3 is 0 Å². The van der Waals surface area contributed by atoms with Crippen molar-refractivity contribution in [1.82, 2.24) is 25.5 Å². The molecule has 0 saturated carbocycles. The molecular weight excluding hydrogens is 242 g/mol. The second-order valence-corrected chi connectivity index (χ2v) is 4.19. The van der Waals surface area contributed by atoms with Crippen molar-refractivity contribution < 1.29 is 4.79 Å². The van der Waals surface area contributed by atoms with Gasteiger partial charge in [0.1, 0.15) is 12.2 Å². The van der Waals surface area contributed by atoms with Crippen LogP contribution in [0.1, 0.15) is 16.2 Å². The summed E-state index contributed by atoms with van der Waals surface area (Å²) in [4.78, 5) is 19.2. The van der Waals surface area contributed by atoms with Crippen LogP contribution in [-0.4, -0.2) is 32.6 Å². The van der Waals surface area contributed by atoms with Crippen LogP contribution in [0.4, 0.5) is 0 Å². The molecule has 0 aliphatic rings. The van der Waals surface area contributed by atoms with Crippen molar-refractivity contribution in [2.24, 2.45) is 0 Å². The SMILES string of the molecule is O=C(NCCc1ncn[nH]1)c1cccc2cc[nH]c12. The maximum atomic E-state index is 12.1. The summed E-state index contributed by atoms with van der Waals surface area (Å²) in [5, 5.41) is 10.4. The Morgan fingerprint density at radius 2 is 2.26 bits per heavy atom. The summed E-state index contributed by atoms with van der Waals surface area (Å²) in [7, 11) is 0. The number of rotatable bonds is 4. The van der Waals surface area contributed by atoms with E-state index < -0.39 is 0 Å². The Balaban J connectivity index is 1.68. The predicted octanol–water partition coefficient (Wildman–Crippen LogP) is 1.26. The first-order valence-corrected chi connectivity index (χ1v) is 6.03. The number of carbonyl (C=O) groups excluding carboxylic acids is 1. The van der Waals surface area contributed by atoms with E-state index in [1.165, 1.54) is 6.33 Å². The molecule has 96 valence electrons. The molecule has 2 aromatic heterocycles. The summed E-state index contributed by atoms with van der Waals surface area (Å²) >= 11 is 0. The van der Waals surface area contributed by atoms with E-state index in [0.29, 0.717) is 18.5 Å². The standard InChI is InChI=1S/C13H13N5O/c19-13(15-7-5-11-16-8-17-18-11)10-3-1-2-9-4-6-14-12(9)10/h1-4,6,8,14H,5,7H2,(H,15,19)(H,16,17,18). The molecule has 0 spiro atoms. The van der Waals surface area contributed by atoms with Gasteiger partial charge in [-0.3, -0.25) is 9.89 Å². The zero-order valence-electron chi connectivity index (χ0n) is 10.2. The average molecular weight is 255 g/mol. The van der Waals surface area contributed by atoms with Gasteiger partial charge in [-0.25, -0.2) is 4.98 Å². The van der Waals surface area contributed by atoms with Crippen molar-refractivity contribution in [3.63, 3.8) is 0 Å². The fourth-order valence-electron chi connectivity index (χ4n) is 2.02. The summed E-state index contributed by atoms with van der Waals surface area (Å²) in [6, 6.07) is 7.60. The molecule has 2 heterocycles. The molecule has 0 radical (unpaired) electrons. The van der Waals surface area contributed by atoms with Gasteiger partial charge in [-0.1, -0.05) is 12.1 Å². The molecule has 3 aromatic rings. The lowest BCUT2D eigenvalue weighted by Crippen LogP contribution is -2.26. The van der Waals surface area contributed by atoms with Gasteiger partial charge in [-0.05, 0) is 12.1 Å². The van der Waals surface area contributed by atoms with E-state index in [9.17, 15) is 4.79 Å². The Morgan fingerprint density at radius 3 is 3.11 bits per heavy atom. The molecule has 0 atom stereocenters. The third-order valence-electron chi connectivity index (χ3n) is 2.94. The van der Waals surface area contributed by atoms with Crippen molar-refractivity contribution in [2.75, 3.05) is 6.54 Å². The van der Waals surface area contributed by atoms with Crippen molar-refractivity contribution in [1.29, 1.82) is 0 Å². The monoisotopic (exact) mass is 255 g/mol. The minimum Gasteiger partial charge on any atom is -0.361 e. The summed E-state index contributed by atoms with van der Waals surface area (Å²) in [5.74, 6) is 0.672. The van der Waals surface area contributed by atoms with Crippen molar-refractivity contribution in [3.05, 3.63) is 48.2 Å². The van der Waals surface area contributed by atoms with Crippen LogP contribution in [-0.2, 0) is 6.42 Å². The van der Waals surface area contributed by atoms with Gasteiger partial charge in [0.15, 0.2) is 0 Å². The number of carbonyl (C=O) groups is 1. The normalized spacial score (nSPS) is 10.7. The summed E-state index contributed by atoms with van der Waals surface area (Å²) in [5.41, 5.74) is 1.51. The first-order chi connectivity index (χ1) is 9.34. The van der Waals surface area contributed by atoms with Gasteiger partial charge in [0, 0.05) is 24.5 Å². The van der Waals surface area contributed by atoms with Gasteiger partial charge in [0.2, 0.25) is 0 Å². The van der Waals surface area contributed by atoms with E-state index in [2.05, 4.69) is 25.5 Å². The van der Waals surface area contributed by atoms with Gasteiger partial charge in [0.25, 0.3) is 5.91 Å². The van der Waals surface area contributed by atoms with Crippen molar-refractivity contribution in [3.8, 4) is 0 Å². The first-order valence-electron chi connectivity index (χ1n) is 6.03. The van der Waals surface area contributed by atoms with Crippen molar-refractivity contribution >= 4 is 16.8 Å². The fraction of sp³-hybridized carbons (Fsp3) is 0.154. The second-order valence-electron chi connectivity index (χ2n) is 4.19. The summed E-state index contributed by atoms with van der Waals surface area (Å²) < 4.78 is 0. The van der Waals surface area contributed by atoms with E-state index >= 15 is 0 Å². The molecule has 0 unspecified atom stereocenters. The van der Waals surface area contributed by atoms with E-state index in [0.717, 1.165) is 16.7 Å². The fourth-order valence-corrected chi connectivity index (χ4v) is 2.02. The van der Waals surface area contributed by atoms with Crippen LogP contribution in [0, 0.1) is 0 Å². The van der Waals surface area contributed by atoms with E-state index in [4.69, 9.17) is 0 Å². The average Bonchev–Trinajstić information content (AvgIpc) is 3.08. The van der Waals surface area contributed by atoms with Crippen LogP contribution in [0.2, 0.25) is 0 Å². The minimum atomic E-state index is -0.0902. The Morgan fingerprint density at radius 1 is 1.32 bits per heavy atom. The number of para-hydroxylation sites is 1. The van der Waals surface area contributed by atoms with Crippen LogP contribution in [0.15, 0.2) is 36.8 Å². The van der Waals surface area contributed by atoms with Crippen LogP contribution in [0.5, 0.6) is 0 Å². The van der Waals surface area contributed by atoms with Crippen LogP contribution >= 0.6 is 0 Å². The van der Waals surface area contributed by atoms with Gasteiger partial charge < -0.3 is 10.3 Å². The van der Waals surface area contributed by atoms with Gasteiger partial charge in [-0.15, -0.1) is 0 Å². The molecule has 6 nitrogen and oxygen atoms in total. The van der Waals surface area contributed by atoms with E-state index in [1.54, 1.807) is 0 Å². The summed E-state index contributed by atoms with van der Waals surface area (Å²) in [6.45, 7) is 0.519. The van der Waals surface area contributed by atoms with Crippen LogP contribution < -0.4 is 5.32 Å². The lowest BCUT2D eigenvalue weighted by atomic mass is 10.1. The molecule has 0 aliphatic carbocycles. The van der Waals surface area contributed by atoms with E-state index in [1.807, 2.05) is 30.5 Å².